The van der Waals surface area contributed by atoms with Crippen LogP contribution in [0.25, 0.3) is 6.08 Å². The summed E-state index contributed by atoms with van der Waals surface area (Å²) in [6, 6.07) is 3.24. The molecule has 0 spiro atoms. The molecular formula is C19H25N3O5S. The highest BCUT2D eigenvalue weighted by Gasteiger charge is 2.29. The quantitative estimate of drug-likeness (QED) is 0.413. The number of amides is 1. The molecule has 2 heterocycles. The van der Waals surface area contributed by atoms with Gasteiger partial charge in [0.05, 0.1) is 11.5 Å². The van der Waals surface area contributed by atoms with Gasteiger partial charge < -0.3 is 14.6 Å². The van der Waals surface area contributed by atoms with E-state index >= 15 is 0 Å². The van der Waals surface area contributed by atoms with E-state index in [1.807, 2.05) is 26.0 Å². The largest absolute Gasteiger partial charge is 0.451 e. The number of aryl methyl sites for hydroxylation is 1. The number of nitriles is 1. The lowest BCUT2D eigenvalue weighted by molar-refractivity contribution is -0.144. The van der Waals surface area contributed by atoms with Crippen molar-refractivity contribution in [3.63, 3.8) is 0 Å². The summed E-state index contributed by atoms with van der Waals surface area (Å²) in [6.07, 6.45) is 2.76. The lowest BCUT2D eigenvalue weighted by Gasteiger charge is -2.10. The van der Waals surface area contributed by atoms with Crippen LogP contribution in [-0.2, 0) is 30.7 Å². The van der Waals surface area contributed by atoms with E-state index in [2.05, 4.69) is 16.8 Å². The van der Waals surface area contributed by atoms with Crippen LogP contribution >= 0.6 is 0 Å². The third-order valence-corrected chi connectivity index (χ3v) is 6.40. The van der Waals surface area contributed by atoms with Gasteiger partial charge in [-0.15, -0.1) is 0 Å². The summed E-state index contributed by atoms with van der Waals surface area (Å²) in [4.78, 5) is 24.0. The Kier molecular flexibility index (Phi) is 7.02. The highest BCUT2D eigenvalue weighted by molar-refractivity contribution is 7.91. The molecular weight excluding hydrogens is 382 g/mol. The van der Waals surface area contributed by atoms with E-state index in [0.717, 1.165) is 29.9 Å². The standard InChI is InChI=1S/C19H25N3O5S/c1-4-6-22-13(2)8-15(14(22)3)9-16(10-20)19(24)27-11-18(23)21-17-5-7-28(25,26)12-17/h8-9,17H,4-7,11-12H2,1-3H3,(H,21,23)/b16-9-/t17-/m0/s1. The predicted molar refractivity (Wildman–Crippen MR) is 104 cm³/mol. The maximum atomic E-state index is 12.2. The lowest BCUT2D eigenvalue weighted by atomic mass is 10.1. The molecule has 0 aliphatic carbocycles. The zero-order valence-electron chi connectivity index (χ0n) is 16.3. The van der Waals surface area contributed by atoms with Crippen LogP contribution in [-0.4, -0.2) is 49.0 Å². The number of ether oxygens (including phenoxy) is 1. The third-order valence-electron chi connectivity index (χ3n) is 4.63. The van der Waals surface area contributed by atoms with Crippen LogP contribution in [0.15, 0.2) is 11.6 Å². The second-order valence-electron chi connectivity index (χ2n) is 6.89. The summed E-state index contributed by atoms with van der Waals surface area (Å²) in [7, 11) is -3.11. The Labute approximate surface area is 165 Å². The summed E-state index contributed by atoms with van der Waals surface area (Å²) in [6.45, 7) is 6.21. The molecule has 152 valence electrons. The van der Waals surface area contributed by atoms with Crippen molar-refractivity contribution >= 4 is 27.8 Å². The SMILES string of the molecule is CCCn1c(C)cc(/C=C(/C#N)C(=O)OCC(=O)N[C@H]2CCS(=O)(=O)C2)c1C. The highest BCUT2D eigenvalue weighted by atomic mass is 32.2. The molecule has 9 heteroatoms. The minimum Gasteiger partial charge on any atom is -0.451 e. The molecule has 1 aromatic rings. The van der Waals surface area contributed by atoms with Crippen molar-refractivity contribution in [1.82, 2.24) is 9.88 Å². The van der Waals surface area contributed by atoms with Gasteiger partial charge in [-0.3, -0.25) is 4.79 Å². The van der Waals surface area contributed by atoms with Crippen LogP contribution < -0.4 is 5.32 Å². The number of sulfone groups is 1. The van der Waals surface area contributed by atoms with E-state index in [1.165, 1.54) is 6.08 Å². The molecule has 1 fully saturated rings. The van der Waals surface area contributed by atoms with Gasteiger partial charge in [-0.05, 0) is 44.4 Å². The van der Waals surface area contributed by atoms with Crippen LogP contribution in [0.3, 0.4) is 0 Å². The molecule has 0 saturated carbocycles. The topological polar surface area (TPSA) is 118 Å². The Hall–Kier alpha value is -2.60. The molecule has 2 rings (SSSR count). The molecule has 1 amide bonds. The number of hydrogen-bond acceptors (Lipinski definition) is 6. The first-order valence-corrected chi connectivity index (χ1v) is 10.9. The zero-order chi connectivity index (χ0) is 20.9. The lowest BCUT2D eigenvalue weighted by Crippen LogP contribution is -2.38. The molecule has 0 aromatic carbocycles. The fourth-order valence-electron chi connectivity index (χ4n) is 3.22. The summed E-state index contributed by atoms with van der Waals surface area (Å²) in [5.74, 6) is -1.55. The number of esters is 1. The molecule has 1 aliphatic rings. The number of hydrogen-bond donors (Lipinski definition) is 1. The van der Waals surface area contributed by atoms with Crippen molar-refractivity contribution in [2.24, 2.45) is 0 Å². The van der Waals surface area contributed by atoms with Gasteiger partial charge in [0.25, 0.3) is 5.91 Å². The van der Waals surface area contributed by atoms with Crippen LogP contribution in [0.2, 0.25) is 0 Å². The fourth-order valence-corrected chi connectivity index (χ4v) is 4.89. The van der Waals surface area contributed by atoms with Crippen molar-refractivity contribution in [3.8, 4) is 6.07 Å². The number of rotatable bonds is 7. The Morgan fingerprint density at radius 2 is 2.14 bits per heavy atom. The van der Waals surface area contributed by atoms with E-state index in [0.29, 0.717) is 6.42 Å². The van der Waals surface area contributed by atoms with E-state index in [1.54, 1.807) is 0 Å². The first kappa shape index (κ1) is 21.7. The van der Waals surface area contributed by atoms with Gasteiger partial charge in [-0.25, -0.2) is 13.2 Å². The second kappa shape index (κ2) is 9.06. The van der Waals surface area contributed by atoms with Crippen LogP contribution in [0, 0.1) is 25.2 Å². The molecule has 8 nitrogen and oxygen atoms in total. The van der Waals surface area contributed by atoms with Gasteiger partial charge in [0.15, 0.2) is 16.4 Å². The van der Waals surface area contributed by atoms with Crippen LogP contribution in [0.1, 0.15) is 36.7 Å². The van der Waals surface area contributed by atoms with E-state index in [9.17, 15) is 23.3 Å². The smallest absolute Gasteiger partial charge is 0.349 e. The molecule has 0 unspecified atom stereocenters. The van der Waals surface area contributed by atoms with Crippen molar-refractivity contribution in [3.05, 3.63) is 28.6 Å². The van der Waals surface area contributed by atoms with Gasteiger partial charge in [0.2, 0.25) is 0 Å². The number of nitrogens with zero attached hydrogens (tertiary/aromatic N) is 2. The maximum absolute atomic E-state index is 12.2. The van der Waals surface area contributed by atoms with Crippen molar-refractivity contribution < 1.29 is 22.7 Å². The monoisotopic (exact) mass is 407 g/mol. The number of carbonyl (C=O) groups excluding carboxylic acids is 2. The predicted octanol–water partition coefficient (Wildman–Crippen LogP) is 1.27. The molecule has 1 saturated heterocycles. The molecule has 0 bridgehead atoms. The van der Waals surface area contributed by atoms with Crippen molar-refractivity contribution in [2.75, 3.05) is 18.1 Å². The van der Waals surface area contributed by atoms with Crippen LogP contribution in [0.4, 0.5) is 0 Å². The minimum absolute atomic E-state index is 0.0372. The fraction of sp³-hybridized carbons (Fsp3) is 0.526. The molecule has 1 aromatic heterocycles. The summed E-state index contributed by atoms with van der Waals surface area (Å²) in [5.41, 5.74) is 2.52. The summed E-state index contributed by atoms with van der Waals surface area (Å²) >= 11 is 0. The molecule has 0 radical (unpaired) electrons. The Morgan fingerprint density at radius 3 is 2.71 bits per heavy atom. The normalized spacial score (nSPS) is 18.5. The van der Waals surface area contributed by atoms with Crippen LogP contribution in [0.5, 0.6) is 0 Å². The number of aromatic nitrogens is 1. The second-order valence-corrected chi connectivity index (χ2v) is 9.12. The Bertz CT molecular complexity index is 938. The Balaban J connectivity index is 1.98. The van der Waals surface area contributed by atoms with E-state index in [-0.39, 0.29) is 17.1 Å². The van der Waals surface area contributed by atoms with Crippen molar-refractivity contribution in [2.45, 2.75) is 46.2 Å². The molecule has 28 heavy (non-hydrogen) atoms. The van der Waals surface area contributed by atoms with Crippen molar-refractivity contribution in [1.29, 1.82) is 5.26 Å². The summed E-state index contributed by atoms with van der Waals surface area (Å²) < 4.78 is 29.8. The van der Waals surface area contributed by atoms with Gasteiger partial charge in [-0.2, -0.15) is 5.26 Å². The first-order chi connectivity index (χ1) is 13.2. The average molecular weight is 407 g/mol. The highest BCUT2D eigenvalue weighted by Crippen LogP contribution is 2.19. The maximum Gasteiger partial charge on any atom is 0.349 e. The molecule has 1 N–H and O–H groups in total. The third kappa shape index (κ3) is 5.45. The summed E-state index contributed by atoms with van der Waals surface area (Å²) in [5, 5.41) is 11.8. The number of nitrogens with one attached hydrogen (secondary N) is 1. The first-order valence-electron chi connectivity index (χ1n) is 9.12. The van der Waals surface area contributed by atoms with Gasteiger partial charge in [-0.1, -0.05) is 6.92 Å². The minimum atomic E-state index is -3.11. The van der Waals surface area contributed by atoms with E-state index in [4.69, 9.17) is 4.74 Å². The Morgan fingerprint density at radius 1 is 1.43 bits per heavy atom. The molecule has 1 atom stereocenters. The molecule has 1 aliphatic heterocycles. The zero-order valence-corrected chi connectivity index (χ0v) is 17.1. The van der Waals surface area contributed by atoms with E-state index < -0.39 is 34.4 Å². The average Bonchev–Trinajstić information content (AvgIpc) is 3.10. The number of carbonyl (C=O) groups is 2. The van der Waals surface area contributed by atoms with Gasteiger partial charge in [0, 0.05) is 24.0 Å². The van der Waals surface area contributed by atoms with Gasteiger partial charge >= 0.3 is 5.97 Å². The van der Waals surface area contributed by atoms with Gasteiger partial charge in [0.1, 0.15) is 11.6 Å².